The molecule has 3 nitrogen and oxygen atoms in total. The predicted octanol–water partition coefficient (Wildman–Crippen LogP) is 6.42. The average Bonchev–Trinajstić information content (AvgIpc) is 2.64. The lowest BCUT2D eigenvalue weighted by molar-refractivity contribution is -0.00272. The van der Waals surface area contributed by atoms with Crippen LogP contribution in [-0.2, 0) is 21.3 Å². The summed E-state index contributed by atoms with van der Waals surface area (Å²) in [6.07, 6.45) is 6.52. The molecule has 156 valence electrons. The average molecular weight is 379 g/mol. The van der Waals surface area contributed by atoms with Gasteiger partial charge in [-0.2, -0.15) is 0 Å². The van der Waals surface area contributed by atoms with E-state index in [1.54, 1.807) is 14.2 Å². The van der Waals surface area contributed by atoms with Crippen molar-refractivity contribution >= 4 is 0 Å². The molecule has 0 heterocycles. The summed E-state index contributed by atoms with van der Waals surface area (Å²) >= 11 is 0. The summed E-state index contributed by atoms with van der Waals surface area (Å²) in [5, 5.41) is 10.4. The molecule has 2 aliphatic rings. The van der Waals surface area contributed by atoms with E-state index >= 15 is 0 Å². The lowest BCUT2D eigenvalue weighted by atomic mass is 9.55. The molecular formula is C24H42O3. The Bertz CT molecular complexity index is 565. The van der Waals surface area contributed by atoms with Crippen LogP contribution in [0.1, 0.15) is 89.8 Å². The van der Waals surface area contributed by atoms with E-state index in [1.807, 2.05) is 13.8 Å². The number of fused-ring (bicyclic) bond motifs is 3. The van der Waals surface area contributed by atoms with Gasteiger partial charge in [0.05, 0.1) is 0 Å². The molecule has 1 fully saturated rings. The summed E-state index contributed by atoms with van der Waals surface area (Å²) in [5.41, 5.74) is 4.36. The molecule has 0 radical (unpaired) electrons. The summed E-state index contributed by atoms with van der Waals surface area (Å²) in [5.74, 6) is 2.54. The summed E-state index contributed by atoms with van der Waals surface area (Å²) < 4.78 is 8.94. The highest BCUT2D eigenvalue weighted by molar-refractivity contribution is 5.48. The smallest absolute Gasteiger partial charge is 0.145 e. The molecule has 0 spiro atoms. The number of aryl methyl sites for hydroxylation is 1. The Hall–Kier alpha value is -1.06. The van der Waals surface area contributed by atoms with Crippen LogP contribution < -0.4 is 0 Å². The SMILES string of the molecule is CC.CC(C)c1cc2c(cc1O)C1(C)CCCC(C)C1CC2.COCOC. The first kappa shape index (κ1) is 24.0. The normalized spacial score (nSPS) is 26.1. The van der Waals surface area contributed by atoms with E-state index in [2.05, 4.69) is 49.3 Å². The lowest BCUT2D eigenvalue weighted by Gasteiger charge is -2.49. The number of aromatic hydroxyl groups is 1. The minimum absolute atomic E-state index is 0.290. The van der Waals surface area contributed by atoms with Crippen LogP contribution >= 0.6 is 0 Å². The van der Waals surface area contributed by atoms with Crippen molar-refractivity contribution in [3.05, 3.63) is 28.8 Å². The van der Waals surface area contributed by atoms with Crippen LogP contribution in [0, 0.1) is 11.8 Å². The van der Waals surface area contributed by atoms with E-state index in [9.17, 15) is 5.11 Å². The zero-order chi connectivity index (χ0) is 20.6. The fourth-order valence-electron chi connectivity index (χ4n) is 5.03. The van der Waals surface area contributed by atoms with Crippen molar-refractivity contribution in [2.75, 3.05) is 21.0 Å². The molecule has 0 aliphatic heterocycles. The number of hydrogen-bond acceptors (Lipinski definition) is 3. The summed E-state index contributed by atoms with van der Waals surface area (Å²) in [6.45, 7) is 13.6. The maximum atomic E-state index is 10.4. The van der Waals surface area contributed by atoms with Gasteiger partial charge in [-0.1, -0.05) is 60.5 Å². The zero-order valence-corrected chi connectivity index (χ0v) is 18.9. The second-order valence-corrected chi connectivity index (χ2v) is 8.35. The first-order chi connectivity index (χ1) is 12.8. The van der Waals surface area contributed by atoms with Gasteiger partial charge in [0.25, 0.3) is 0 Å². The number of benzene rings is 1. The molecule has 1 aromatic rings. The van der Waals surface area contributed by atoms with Gasteiger partial charge in [-0.05, 0) is 65.2 Å². The van der Waals surface area contributed by atoms with Crippen molar-refractivity contribution in [1.82, 2.24) is 0 Å². The fraction of sp³-hybridized carbons (Fsp3) is 0.750. The molecule has 0 bridgehead atoms. The Morgan fingerprint density at radius 3 is 2.30 bits per heavy atom. The van der Waals surface area contributed by atoms with Crippen LogP contribution in [0.2, 0.25) is 0 Å². The maximum Gasteiger partial charge on any atom is 0.145 e. The van der Waals surface area contributed by atoms with E-state index in [0.717, 1.165) is 17.4 Å². The quantitative estimate of drug-likeness (QED) is 0.617. The zero-order valence-electron chi connectivity index (χ0n) is 18.9. The molecule has 0 aromatic heterocycles. The molecule has 2 aliphatic carbocycles. The Kier molecular flexibility index (Phi) is 9.83. The maximum absolute atomic E-state index is 10.4. The van der Waals surface area contributed by atoms with Gasteiger partial charge in [-0.3, -0.25) is 0 Å². The standard InChI is InChI=1S/C19H28O.C3H8O2.C2H6/c1-12(2)15-10-14-7-8-16-13(3)6-5-9-19(16,4)17(14)11-18(15)20;1-4-3-5-2;1-2/h10-13,16,20H,5-9H2,1-4H3;3H2,1-2H3;1-2H3. The van der Waals surface area contributed by atoms with Crippen molar-refractivity contribution in [2.24, 2.45) is 11.8 Å². The fourth-order valence-corrected chi connectivity index (χ4v) is 5.03. The number of hydrogen-bond donors (Lipinski definition) is 1. The van der Waals surface area contributed by atoms with Crippen molar-refractivity contribution < 1.29 is 14.6 Å². The molecule has 1 N–H and O–H groups in total. The van der Waals surface area contributed by atoms with Gasteiger partial charge in [0, 0.05) is 14.2 Å². The third-order valence-corrected chi connectivity index (χ3v) is 6.31. The van der Waals surface area contributed by atoms with E-state index in [0.29, 0.717) is 18.5 Å². The molecule has 27 heavy (non-hydrogen) atoms. The topological polar surface area (TPSA) is 38.7 Å². The molecule has 0 saturated heterocycles. The summed E-state index contributed by atoms with van der Waals surface area (Å²) in [7, 11) is 3.17. The lowest BCUT2D eigenvalue weighted by Crippen LogP contribution is -2.43. The van der Waals surface area contributed by atoms with Crippen LogP contribution in [0.25, 0.3) is 0 Å². The number of rotatable bonds is 3. The Morgan fingerprint density at radius 2 is 1.78 bits per heavy atom. The minimum atomic E-state index is 0.290. The molecular weight excluding hydrogens is 336 g/mol. The van der Waals surface area contributed by atoms with Gasteiger partial charge in [0.1, 0.15) is 12.5 Å². The van der Waals surface area contributed by atoms with E-state index in [4.69, 9.17) is 0 Å². The van der Waals surface area contributed by atoms with Gasteiger partial charge >= 0.3 is 0 Å². The molecule has 3 heteroatoms. The summed E-state index contributed by atoms with van der Waals surface area (Å²) in [4.78, 5) is 0. The Balaban J connectivity index is 0.000000454. The van der Waals surface area contributed by atoms with Gasteiger partial charge < -0.3 is 14.6 Å². The minimum Gasteiger partial charge on any atom is -0.508 e. The first-order valence-electron chi connectivity index (χ1n) is 10.7. The molecule has 3 unspecified atom stereocenters. The Labute approximate surface area is 167 Å². The van der Waals surface area contributed by atoms with Gasteiger partial charge in [-0.15, -0.1) is 0 Å². The molecule has 1 saturated carbocycles. The summed E-state index contributed by atoms with van der Waals surface area (Å²) in [6, 6.07) is 4.39. The second-order valence-electron chi connectivity index (χ2n) is 8.35. The third-order valence-electron chi connectivity index (χ3n) is 6.31. The van der Waals surface area contributed by atoms with Crippen molar-refractivity contribution in [1.29, 1.82) is 0 Å². The van der Waals surface area contributed by atoms with Gasteiger partial charge in [0.15, 0.2) is 0 Å². The molecule has 3 rings (SSSR count). The van der Waals surface area contributed by atoms with E-state index in [1.165, 1.54) is 43.2 Å². The van der Waals surface area contributed by atoms with Crippen LogP contribution in [0.3, 0.4) is 0 Å². The van der Waals surface area contributed by atoms with E-state index in [-0.39, 0.29) is 5.41 Å². The molecule has 0 amide bonds. The third kappa shape index (κ3) is 5.48. The predicted molar refractivity (Wildman–Crippen MR) is 115 cm³/mol. The monoisotopic (exact) mass is 378 g/mol. The van der Waals surface area contributed by atoms with Crippen LogP contribution in [-0.4, -0.2) is 26.1 Å². The van der Waals surface area contributed by atoms with Crippen molar-refractivity contribution in [3.8, 4) is 5.75 Å². The van der Waals surface area contributed by atoms with Crippen LogP contribution in [0.5, 0.6) is 5.75 Å². The van der Waals surface area contributed by atoms with Gasteiger partial charge in [0.2, 0.25) is 0 Å². The van der Waals surface area contributed by atoms with Crippen LogP contribution in [0.4, 0.5) is 0 Å². The highest BCUT2D eigenvalue weighted by Crippen LogP contribution is 2.53. The number of phenolic OH excluding ortho intramolecular Hbond substituents is 1. The van der Waals surface area contributed by atoms with E-state index < -0.39 is 0 Å². The first-order valence-corrected chi connectivity index (χ1v) is 10.7. The van der Waals surface area contributed by atoms with Crippen molar-refractivity contribution in [3.63, 3.8) is 0 Å². The van der Waals surface area contributed by atoms with Crippen molar-refractivity contribution in [2.45, 2.75) is 85.0 Å². The Morgan fingerprint density at radius 1 is 1.15 bits per heavy atom. The largest absolute Gasteiger partial charge is 0.508 e. The number of phenols is 1. The van der Waals surface area contributed by atoms with Gasteiger partial charge in [-0.25, -0.2) is 0 Å². The molecule has 3 atom stereocenters. The second kappa shape index (κ2) is 11.1. The number of ether oxygens (including phenoxy) is 2. The highest BCUT2D eigenvalue weighted by Gasteiger charge is 2.45. The van der Waals surface area contributed by atoms with Crippen LogP contribution in [0.15, 0.2) is 12.1 Å². The number of methoxy groups -OCH3 is 2. The molecule has 1 aromatic carbocycles. The highest BCUT2D eigenvalue weighted by atomic mass is 16.6.